The molecule has 2 heterocycles. The molecule has 2 aromatic carbocycles. The summed E-state index contributed by atoms with van der Waals surface area (Å²) in [5.74, 6) is 0.427. The fraction of sp³-hybridized carbons (Fsp3) is 0.158. The molecule has 0 bridgehead atoms. The van der Waals surface area contributed by atoms with Gasteiger partial charge in [0.15, 0.2) is 5.89 Å². The summed E-state index contributed by atoms with van der Waals surface area (Å²) in [7, 11) is 0. The number of carbonyl (C=O) groups is 1. The molecule has 0 unspecified atom stereocenters. The van der Waals surface area contributed by atoms with Crippen molar-refractivity contribution in [1.29, 1.82) is 0 Å². The average Bonchev–Trinajstić information content (AvgIpc) is 3.27. The Bertz CT molecular complexity index is 1080. The quantitative estimate of drug-likeness (QED) is 0.609. The lowest BCUT2D eigenvalue weighted by atomic mass is 10.1. The van der Waals surface area contributed by atoms with Gasteiger partial charge in [0.25, 0.3) is 5.91 Å². The Balaban J connectivity index is 1.52. The maximum absolute atomic E-state index is 12.5. The Labute approximate surface area is 149 Å². The molecular formula is C19H17N5O2. The van der Waals surface area contributed by atoms with Gasteiger partial charge >= 0.3 is 0 Å². The third-order valence-electron chi connectivity index (χ3n) is 4.13. The molecule has 4 aromatic rings. The van der Waals surface area contributed by atoms with Crippen molar-refractivity contribution in [2.75, 3.05) is 5.32 Å². The molecule has 2 aromatic heterocycles. The van der Waals surface area contributed by atoms with Gasteiger partial charge in [-0.1, -0.05) is 17.3 Å². The number of aryl methyl sites for hydroxylation is 2. The van der Waals surface area contributed by atoms with E-state index in [9.17, 15) is 4.79 Å². The first-order valence-electron chi connectivity index (χ1n) is 8.31. The van der Waals surface area contributed by atoms with Crippen molar-refractivity contribution in [3.8, 4) is 11.3 Å². The summed E-state index contributed by atoms with van der Waals surface area (Å²) in [4.78, 5) is 16.8. The minimum absolute atomic E-state index is 0.192. The molecule has 7 heteroatoms. The molecule has 0 fully saturated rings. The minimum Gasteiger partial charge on any atom is -0.449 e. The first kappa shape index (κ1) is 16.0. The third kappa shape index (κ3) is 2.95. The normalized spacial score (nSPS) is 11.0. The predicted octanol–water partition coefficient (Wildman–Crippen LogP) is 3.67. The molecule has 0 spiro atoms. The summed E-state index contributed by atoms with van der Waals surface area (Å²) < 4.78 is 7.02. The van der Waals surface area contributed by atoms with Crippen LogP contribution in [0.2, 0.25) is 0 Å². The van der Waals surface area contributed by atoms with E-state index in [-0.39, 0.29) is 5.91 Å². The van der Waals surface area contributed by atoms with Crippen molar-refractivity contribution < 1.29 is 9.21 Å². The van der Waals surface area contributed by atoms with Crippen LogP contribution in [0.15, 0.2) is 53.1 Å². The number of aromatic nitrogens is 4. The van der Waals surface area contributed by atoms with Crippen LogP contribution in [0.5, 0.6) is 0 Å². The summed E-state index contributed by atoms with van der Waals surface area (Å²) in [6.45, 7) is 4.53. The van der Waals surface area contributed by atoms with Gasteiger partial charge in [0.2, 0.25) is 0 Å². The van der Waals surface area contributed by atoms with E-state index in [4.69, 9.17) is 4.42 Å². The van der Waals surface area contributed by atoms with Crippen LogP contribution in [-0.2, 0) is 6.54 Å². The number of nitrogens with one attached hydrogen (secondary N) is 1. The van der Waals surface area contributed by atoms with Gasteiger partial charge in [-0.3, -0.25) is 4.79 Å². The van der Waals surface area contributed by atoms with Gasteiger partial charge in [0.05, 0.1) is 5.52 Å². The Morgan fingerprint density at radius 3 is 2.69 bits per heavy atom. The maximum Gasteiger partial charge on any atom is 0.255 e. The van der Waals surface area contributed by atoms with Crippen LogP contribution < -0.4 is 5.32 Å². The molecule has 1 N–H and O–H groups in total. The fourth-order valence-corrected chi connectivity index (χ4v) is 2.77. The second kappa shape index (κ2) is 6.44. The van der Waals surface area contributed by atoms with E-state index in [1.807, 2.05) is 37.3 Å². The number of nitrogens with zero attached hydrogens (tertiary/aromatic N) is 4. The number of amides is 1. The second-order valence-electron chi connectivity index (χ2n) is 5.89. The largest absolute Gasteiger partial charge is 0.449 e. The van der Waals surface area contributed by atoms with Crippen molar-refractivity contribution in [3.05, 3.63) is 60.2 Å². The summed E-state index contributed by atoms with van der Waals surface area (Å²) in [5, 5.41) is 11.1. The Kier molecular flexibility index (Phi) is 3.96. The van der Waals surface area contributed by atoms with Crippen molar-refractivity contribution in [1.82, 2.24) is 20.0 Å². The summed E-state index contributed by atoms with van der Waals surface area (Å²) in [6.07, 6.45) is 1.61. The van der Waals surface area contributed by atoms with Gasteiger partial charge < -0.3 is 9.73 Å². The van der Waals surface area contributed by atoms with E-state index >= 15 is 0 Å². The number of hydrogen-bond donors (Lipinski definition) is 1. The first-order chi connectivity index (χ1) is 12.6. The smallest absolute Gasteiger partial charge is 0.255 e. The molecule has 0 aliphatic rings. The molecule has 0 aliphatic heterocycles. The highest BCUT2D eigenvalue weighted by Gasteiger charge is 2.11. The van der Waals surface area contributed by atoms with Gasteiger partial charge in [0, 0.05) is 30.3 Å². The number of carbonyl (C=O) groups excluding carboxylic acids is 1. The second-order valence-corrected chi connectivity index (χ2v) is 5.89. The Hall–Kier alpha value is -3.48. The SMILES string of the molecule is CCn1nnc2cc(C(=O)Nc3ccc(-c4coc(C)n4)cc3)ccc21. The van der Waals surface area contributed by atoms with Gasteiger partial charge in [-0.25, -0.2) is 9.67 Å². The molecule has 4 rings (SSSR count). The number of rotatable bonds is 4. The molecular weight excluding hydrogens is 330 g/mol. The lowest BCUT2D eigenvalue weighted by Gasteiger charge is -2.06. The average molecular weight is 347 g/mol. The van der Waals surface area contributed by atoms with Gasteiger partial charge in [-0.15, -0.1) is 5.10 Å². The van der Waals surface area contributed by atoms with E-state index in [2.05, 4.69) is 20.6 Å². The maximum atomic E-state index is 12.5. The highest BCUT2D eigenvalue weighted by Crippen LogP contribution is 2.21. The molecule has 130 valence electrons. The molecule has 26 heavy (non-hydrogen) atoms. The predicted molar refractivity (Wildman–Crippen MR) is 97.8 cm³/mol. The Morgan fingerprint density at radius 1 is 1.19 bits per heavy atom. The molecule has 0 saturated carbocycles. The van der Waals surface area contributed by atoms with Crippen molar-refractivity contribution in [3.63, 3.8) is 0 Å². The molecule has 0 radical (unpaired) electrons. The third-order valence-corrected chi connectivity index (χ3v) is 4.13. The lowest BCUT2D eigenvalue weighted by molar-refractivity contribution is 0.102. The zero-order chi connectivity index (χ0) is 18.1. The first-order valence-corrected chi connectivity index (χ1v) is 8.31. The highest BCUT2D eigenvalue weighted by molar-refractivity contribution is 6.05. The van der Waals surface area contributed by atoms with E-state index in [0.717, 1.165) is 23.3 Å². The monoisotopic (exact) mass is 347 g/mol. The zero-order valence-corrected chi connectivity index (χ0v) is 14.4. The van der Waals surface area contributed by atoms with Gasteiger partial charge in [-0.05, 0) is 37.3 Å². The van der Waals surface area contributed by atoms with Crippen molar-refractivity contribution >= 4 is 22.6 Å². The summed E-state index contributed by atoms with van der Waals surface area (Å²) in [5.41, 5.74) is 4.56. The minimum atomic E-state index is -0.192. The molecule has 0 saturated heterocycles. The van der Waals surface area contributed by atoms with Crippen LogP contribution in [0.3, 0.4) is 0 Å². The van der Waals surface area contributed by atoms with Crippen molar-refractivity contribution in [2.45, 2.75) is 20.4 Å². The zero-order valence-electron chi connectivity index (χ0n) is 14.4. The van der Waals surface area contributed by atoms with E-state index in [1.54, 1.807) is 30.0 Å². The van der Waals surface area contributed by atoms with Crippen LogP contribution in [0.25, 0.3) is 22.3 Å². The topological polar surface area (TPSA) is 85.8 Å². The van der Waals surface area contributed by atoms with E-state index in [1.165, 1.54) is 0 Å². The molecule has 0 atom stereocenters. The van der Waals surface area contributed by atoms with E-state index in [0.29, 0.717) is 22.7 Å². The van der Waals surface area contributed by atoms with Gasteiger partial charge in [-0.2, -0.15) is 0 Å². The fourth-order valence-electron chi connectivity index (χ4n) is 2.77. The van der Waals surface area contributed by atoms with E-state index < -0.39 is 0 Å². The lowest BCUT2D eigenvalue weighted by Crippen LogP contribution is -2.11. The molecule has 7 nitrogen and oxygen atoms in total. The Morgan fingerprint density at radius 2 is 2.00 bits per heavy atom. The number of benzene rings is 2. The van der Waals surface area contributed by atoms with Crippen LogP contribution in [0, 0.1) is 6.92 Å². The molecule has 1 amide bonds. The number of anilines is 1. The van der Waals surface area contributed by atoms with Crippen LogP contribution in [-0.4, -0.2) is 25.9 Å². The van der Waals surface area contributed by atoms with Crippen LogP contribution >= 0.6 is 0 Å². The summed E-state index contributed by atoms with van der Waals surface area (Å²) >= 11 is 0. The number of fused-ring (bicyclic) bond motifs is 1. The number of hydrogen-bond acceptors (Lipinski definition) is 5. The summed E-state index contributed by atoms with van der Waals surface area (Å²) in [6, 6.07) is 12.8. The molecule has 0 aliphatic carbocycles. The number of oxazole rings is 1. The van der Waals surface area contributed by atoms with Crippen LogP contribution in [0.1, 0.15) is 23.2 Å². The van der Waals surface area contributed by atoms with Crippen LogP contribution in [0.4, 0.5) is 5.69 Å². The standard InChI is InChI=1S/C19H17N5O2/c1-3-24-18-9-6-14(10-16(18)22-23-24)19(25)21-15-7-4-13(5-8-15)17-11-26-12(2)20-17/h4-11H,3H2,1-2H3,(H,21,25). The van der Waals surface area contributed by atoms with Gasteiger partial charge in [0.1, 0.15) is 17.5 Å². The highest BCUT2D eigenvalue weighted by atomic mass is 16.3. The van der Waals surface area contributed by atoms with Crippen molar-refractivity contribution in [2.24, 2.45) is 0 Å².